The normalized spacial score (nSPS) is 16.6. The van der Waals surface area contributed by atoms with Crippen LogP contribution in [0.1, 0.15) is 25.3 Å². The highest BCUT2D eigenvalue weighted by atomic mass is 19.1. The first-order valence-electron chi connectivity index (χ1n) is 9.42. The molecule has 148 valence electrons. The third-order valence-electron chi connectivity index (χ3n) is 5.35. The lowest BCUT2D eigenvalue weighted by atomic mass is 10.0. The van der Waals surface area contributed by atoms with Gasteiger partial charge in [0.05, 0.1) is 22.1 Å². The largest absolute Gasteiger partial charge is 0.401 e. The van der Waals surface area contributed by atoms with Gasteiger partial charge in [0.25, 0.3) is 0 Å². The SMILES string of the molecule is C/C(N)=C(\c1cnc2c3c(F)nccc3n(CC3CCOCC3)c2c1)N(C)N. The van der Waals surface area contributed by atoms with Crippen LogP contribution in [0.2, 0.25) is 0 Å². The van der Waals surface area contributed by atoms with Crippen molar-refractivity contribution in [1.29, 1.82) is 0 Å². The van der Waals surface area contributed by atoms with E-state index in [2.05, 4.69) is 14.5 Å². The molecule has 0 aromatic carbocycles. The van der Waals surface area contributed by atoms with Crippen molar-refractivity contribution in [2.24, 2.45) is 17.5 Å². The molecular weight excluding hydrogens is 359 g/mol. The Bertz CT molecular complexity index is 1050. The molecule has 0 bridgehead atoms. The molecule has 7 nitrogen and oxygen atoms in total. The topological polar surface area (TPSA) is 95.2 Å². The first-order valence-corrected chi connectivity index (χ1v) is 9.42. The fourth-order valence-electron chi connectivity index (χ4n) is 4.07. The minimum absolute atomic E-state index is 0.451. The molecule has 0 atom stereocenters. The van der Waals surface area contributed by atoms with E-state index >= 15 is 0 Å². The number of fused-ring (bicyclic) bond motifs is 3. The Balaban J connectivity index is 1.94. The Morgan fingerprint density at radius 2 is 2.07 bits per heavy atom. The highest BCUT2D eigenvalue weighted by molar-refractivity contribution is 6.06. The van der Waals surface area contributed by atoms with E-state index in [9.17, 15) is 4.39 Å². The van der Waals surface area contributed by atoms with Crippen molar-refractivity contribution in [3.63, 3.8) is 0 Å². The van der Waals surface area contributed by atoms with Gasteiger partial charge in [-0.05, 0) is 37.8 Å². The van der Waals surface area contributed by atoms with Crippen molar-refractivity contribution in [1.82, 2.24) is 19.5 Å². The smallest absolute Gasteiger partial charge is 0.224 e. The summed E-state index contributed by atoms with van der Waals surface area (Å²) in [6.45, 7) is 4.10. The molecule has 8 heteroatoms. The molecule has 1 aliphatic rings. The van der Waals surface area contributed by atoms with E-state index < -0.39 is 5.95 Å². The van der Waals surface area contributed by atoms with Crippen LogP contribution in [-0.4, -0.2) is 39.8 Å². The molecule has 1 saturated heterocycles. The van der Waals surface area contributed by atoms with Gasteiger partial charge in [0, 0.05) is 50.5 Å². The molecule has 4 heterocycles. The van der Waals surface area contributed by atoms with Gasteiger partial charge in [-0.2, -0.15) is 4.39 Å². The summed E-state index contributed by atoms with van der Waals surface area (Å²) in [5.41, 5.74) is 10.4. The van der Waals surface area contributed by atoms with E-state index in [1.807, 2.05) is 12.1 Å². The lowest BCUT2D eigenvalue weighted by molar-refractivity contribution is 0.0619. The molecule has 0 aliphatic carbocycles. The van der Waals surface area contributed by atoms with Crippen LogP contribution < -0.4 is 11.6 Å². The number of rotatable bonds is 4. The minimum atomic E-state index is -0.504. The molecule has 4 N–H and O–H groups in total. The van der Waals surface area contributed by atoms with E-state index in [1.54, 1.807) is 20.2 Å². The van der Waals surface area contributed by atoms with Gasteiger partial charge in [0.15, 0.2) is 0 Å². The predicted molar refractivity (Wildman–Crippen MR) is 107 cm³/mol. The number of halogens is 1. The average Bonchev–Trinajstić information content (AvgIpc) is 2.97. The summed E-state index contributed by atoms with van der Waals surface area (Å²) in [5.74, 6) is 5.94. The summed E-state index contributed by atoms with van der Waals surface area (Å²) in [4.78, 5) is 8.41. The molecule has 0 spiro atoms. The van der Waals surface area contributed by atoms with Gasteiger partial charge in [-0.15, -0.1) is 0 Å². The fourth-order valence-corrected chi connectivity index (χ4v) is 4.07. The molecule has 0 unspecified atom stereocenters. The molecule has 3 aromatic heterocycles. The summed E-state index contributed by atoms with van der Waals surface area (Å²) in [6.07, 6.45) is 5.16. The van der Waals surface area contributed by atoms with E-state index in [4.69, 9.17) is 16.3 Å². The summed E-state index contributed by atoms with van der Waals surface area (Å²) >= 11 is 0. The second-order valence-electron chi connectivity index (χ2n) is 7.40. The van der Waals surface area contributed by atoms with Crippen LogP contribution in [0.4, 0.5) is 4.39 Å². The zero-order valence-electron chi connectivity index (χ0n) is 16.2. The standard InChI is InChI=1S/C20H25FN6O/c1-12(22)19(26(2)23)14-9-16-18(25-10-14)17-15(3-6-24-20(17)21)27(16)11-13-4-7-28-8-5-13/h3,6,9-10,13H,4-5,7-8,11,22-23H2,1-2H3/b19-12-. The van der Waals surface area contributed by atoms with Crippen molar-refractivity contribution in [3.8, 4) is 0 Å². The maximum absolute atomic E-state index is 14.6. The zero-order chi connectivity index (χ0) is 19.8. The van der Waals surface area contributed by atoms with E-state index in [1.165, 1.54) is 11.2 Å². The number of nitrogens with two attached hydrogens (primary N) is 2. The number of allylic oxidation sites excluding steroid dienone is 1. The van der Waals surface area contributed by atoms with Crippen LogP contribution >= 0.6 is 0 Å². The summed E-state index contributed by atoms with van der Waals surface area (Å²) in [6, 6.07) is 3.83. The van der Waals surface area contributed by atoms with Crippen molar-refractivity contribution in [3.05, 3.63) is 41.7 Å². The molecule has 1 fully saturated rings. The van der Waals surface area contributed by atoms with Gasteiger partial charge < -0.3 is 20.0 Å². The van der Waals surface area contributed by atoms with Crippen molar-refractivity contribution >= 4 is 27.6 Å². The zero-order valence-corrected chi connectivity index (χ0v) is 16.2. The number of pyridine rings is 2. The molecule has 1 aliphatic heterocycles. The van der Waals surface area contributed by atoms with E-state index in [-0.39, 0.29) is 0 Å². The third-order valence-corrected chi connectivity index (χ3v) is 5.35. The first-order chi connectivity index (χ1) is 13.5. The van der Waals surface area contributed by atoms with Gasteiger partial charge in [-0.25, -0.2) is 10.8 Å². The second-order valence-corrected chi connectivity index (χ2v) is 7.40. The Labute approximate surface area is 162 Å². The first kappa shape index (κ1) is 18.6. The monoisotopic (exact) mass is 384 g/mol. The number of hydrogen-bond donors (Lipinski definition) is 2. The van der Waals surface area contributed by atoms with Crippen LogP contribution in [0.25, 0.3) is 27.6 Å². The molecule has 0 amide bonds. The number of aromatic nitrogens is 3. The summed E-state index contributed by atoms with van der Waals surface area (Å²) in [5, 5.41) is 1.93. The number of hydrogen-bond acceptors (Lipinski definition) is 6. The van der Waals surface area contributed by atoms with Crippen molar-refractivity contribution in [2.75, 3.05) is 20.3 Å². The predicted octanol–water partition coefficient (Wildman–Crippen LogP) is 2.60. The molecular formula is C20H25FN6O. The lowest BCUT2D eigenvalue weighted by Gasteiger charge is -2.23. The van der Waals surface area contributed by atoms with Gasteiger partial charge >= 0.3 is 0 Å². The lowest BCUT2D eigenvalue weighted by Crippen LogP contribution is -2.26. The second kappa shape index (κ2) is 7.37. The van der Waals surface area contributed by atoms with Crippen LogP contribution in [-0.2, 0) is 11.3 Å². The maximum Gasteiger partial charge on any atom is 0.224 e. The molecule has 3 aromatic rings. The van der Waals surface area contributed by atoms with Crippen LogP contribution in [0.5, 0.6) is 0 Å². The molecule has 4 rings (SSSR count). The quantitative estimate of drug-likeness (QED) is 0.408. The van der Waals surface area contributed by atoms with E-state index in [0.717, 1.165) is 49.2 Å². The Morgan fingerprint density at radius 1 is 1.32 bits per heavy atom. The van der Waals surface area contributed by atoms with Crippen LogP contribution in [0, 0.1) is 11.9 Å². The third kappa shape index (κ3) is 3.18. The Hall–Kier alpha value is -2.71. The average molecular weight is 384 g/mol. The van der Waals surface area contributed by atoms with Crippen molar-refractivity contribution in [2.45, 2.75) is 26.3 Å². The van der Waals surface area contributed by atoms with Gasteiger partial charge in [0.2, 0.25) is 5.95 Å². The number of hydrazine groups is 1. The fraction of sp³-hybridized carbons (Fsp3) is 0.400. The van der Waals surface area contributed by atoms with E-state index in [0.29, 0.717) is 28.2 Å². The van der Waals surface area contributed by atoms with Gasteiger partial charge in [-0.3, -0.25) is 4.98 Å². The van der Waals surface area contributed by atoms with Crippen LogP contribution in [0.3, 0.4) is 0 Å². The Kier molecular flexibility index (Phi) is 4.91. The molecule has 28 heavy (non-hydrogen) atoms. The molecule has 0 radical (unpaired) electrons. The highest BCUT2D eigenvalue weighted by Crippen LogP contribution is 2.32. The van der Waals surface area contributed by atoms with Gasteiger partial charge in [-0.1, -0.05) is 0 Å². The Morgan fingerprint density at radius 3 is 2.75 bits per heavy atom. The summed E-state index contributed by atoms with van der Waals surface area (Å²) in [7, 11) is 1.73. The number of ether oxygens (including phenoxy) is 1. The highest BCUT2D eigenvalue weighted by Gasteiger charge is 2.21. The van der Waals surface area contributed by atoms with Crippen molar-refractivity contribution < 1.29 is 9.13 Å². The minimum Gasteiger partial charge on any atom is -0.401 e. The van der Waals surface area contributed by atoms with Gasteiger partial charge in [0.1, 0.15) is 5.52 Å². The summed E-state index contributed by atoms with van der Waals surface area (Å²) < 4.78 is 22.2. The maximum atomic E-state index is 14.6. The molecule has 0 saturated carbocycles. The van der Waals surface area contributed by atoms with Crippen LogP contribution in [0.15, 0.2) is 30.2 Å². The number of nitrogens with zero attached hydrogens (tertiary/aromatic N) is 4.